The molecule has 0 saturated carbocycles. The van der Waals surface area contributed by atoms with Crippen molar-refractivity contribution >= 4 is 10.9 Å². The summed E-state index contributed by atoms with van der Waals surface area (Å²) in [5, 5.41) is 4.79. The zero-order valence-electron chi connectivity index (χ0n) is 10.2. The summed E-state index contributed by atoms with van der Waals surface area (Å²) in [4.78, 5) is 4.59. The Bertz CT molecular complexity index is 527. The van der Waals surface area contributed by atoms with E-state index < -0.39 is 0 Å². The first-order valence-corrected chi connectivity index (χ1v) is 6.41. The smallest absolute Gasteiger partial charge is 0.0739 e. The molecular formula is C15H18N2. The lowest BCUT2D eigenvalue weighted by Gasteiger charge is -2.24. The van der Waals surface area contributed by atoms with Gasteiger partial charge in [0, 0.05) is 18.1 Å². The van der Waals surface area contributed by atoms with E-state index in [-0.39, 0.29) is 0 Å². The Morgan fingerprint density at radius 3 is 3.06 bits per heavy atom. The first kappa shape index (κ1) is 10.7. The fraction of sp³-hybridized carbons (Fsp3) is 0.400. The molecule has 17 heavy (non-hydrogen) atoms. The van der Waals surface area contributed by atoms with Crippen LogP contribution in [0.15, 0.2) is 30.5 Å². The maximum absolute atomic E-state index is 4.59. The number of benzene rings is 1. The van der Waals surface area contributed by atoms with Gasteiger partial charge in [-0.25, -0.2) is 0 Å². The molecule has 0 spiro atoms. The number of nitrogens with one attached hydrogen (secondary N) is 1. The van der Waals surface area contributed by atoms with E-state index in [9.17, 15) is 0 Å². The predicted octanol–water partition coefficient (Wildman–Crippen LogP) is 3.01. The Morgan fingerprint density at radius 1 is 1.29 bits per heavy atom. The Kier molecular flexibility index (Phi) is 2.81. The first-order chi connectivity index (χ1) is 8.36. The van der Waals surface area contributed by atoms with Crippen molar-refractivity contribution < 1.29 is 0 Å². The van der Waals surface area contributed by atoms with Gasteiger partial charge in [-0.1, -0.05) is 18.2 Å². The third-order valence-corrected chi connectivity index (χ3v) is 3.76. The predicted molar refractivity (Wildman–Crippen MR) is 71.3 cm³/mol. The minimum Gasteiger partial charge on any atom is -0.316 e. The number of pyridine rings is 1. The van der Waals surface area contributed by atoms with Crippen LogP contribution in [-0.2, 0) is 0 Å². The maximum Gasteiger partial charge on any atom is 0.0739 e. The molecule has 0 radical (unpaired) electrons. The van der Waals surface area contributed by atoms with Crippen LogP contribution in [0.3, 0.4) is 0 Å². The van der Waals surface area contributed by atoms with Crippen molar-refractivity contribution in [2.75, 3.05) is 13.1 Å². The van der Waals surface area contributed by atoms with Crippen molar-refractivity contribution in [1.29, 1.82) is 0 Å². The Balaban J connectivity index is 2.12. The fourth-order valence-electron chi connectivity index (χ4n) is 2.78. The summed E-state index contributed by atoms with van der Waals surface area (Å²) < 4.78 is 0. The second-order valence-corrected chi connectivity index (χ2v) is 4.91. The lowest BCUT2D eigenvalue weighted by Crippen LogP contribution is -2.28. The molecule has 1 saturated heterocycles. The Morgan fingerprint density at radius 2 is 2.24 bits per heavy atom. The number of piperidine rings is 1. The number of fused-ring (bicyclic) bond motifs is 1. The van der Waals surface area contributed by atoms with E-state index in [2.05, 4.69) is 41.5 Å². The number of hydrogen-bond acceptors (Lipinski definition) is 2. The number of aryl methyl sites for hydroxylation is 1. The molecular weight excluding hydrogens is 208 g/mol. The van der Waals surface area contributed by atoms with Crippen LogP contribution in [0.5, 0.6) is 0 Å². The molecule has 0 amide bonds. The summed E-state index contributed by atoms with van der Waals surface area (Å²) in [6.07, 6.45) is 4.48. The largest absolute Gasteiger partial charge is 0.316 e. The molecule has 3 rings (SSSR count). The second-order valence-electron chi connectivity index (χ2n) is 4.91. The van der Waals surface area contributed by atoms with Crippen LogP contribution >= 0.6 is 0 Å². The van der Waals surface area contributed by atoms with Crippen molar-refractivity contribution in [3.63, 3.8) is 0 Å². The standard InChI is InChI=1S/C15H18N2/c1-11-7-9-17-15-13(11)5-2-6-14(15)12-4-3-8-16-10-12/h2,5-7,9,12,16H,3-4,8,10H2,1H3. The van der Waals surface area contributed by atoms with Crippen LogP contribution in [0.25, 0.3) is 10.9 Å². The highest BCUT2D eigenvalue weighted by Crippen LogP contribution is 2.29. The van der Waals surface area contributed by atoms with Crippen molar-refractivity contribution in [2.24, 2.45) is 0 Å². The number of para-hydroxylation sites is 1. The average molecular weight is 226 g/mol. The second kappa shape index (κ2) is 4.46. The van der Waals surface area contributed by atoms with Crippen molar-refractivity contribution in [3.05, 3.63) is 41.6 Å². The van der Waals surface area contributed by atoms with Gasteiger partial charge in [-0.05, 0) is 49.4 Å². The molecule has 0 bridgehead atoms. The highest BCUT2D eigenvalue weighted by molar-refractivity contribution is 5.85. The van der Waals surface area contributed by atoms with Gasteiger partial charge < -0.3 is 5.32 Å². The van der Waals surface area contributed by atoms with Gasteiger partial charge >= 0.3 is 0 Å². The summed E-state index contributed by atoms with van der Waals surface area (Å²) in [6, 6.07) is 8.68. The summed E-state index contributed by atoms with van der Waals surface area (Å²) in [5.74, 6) is 0.627. The van der Waals surface area contributed by atoms with Gasteiger partial charge in [-0.3, -0.25) is 4.98 Å². The van der Waals surface area contributed by atoms with Gasteiger partial charge in [0.15, 0.2) is 0 Å². The quantitative estimate of drug-likeness (QED) is 0.808. The highest BCUT2D eigenvalue weighted by atomic mass is 14.9. The Hall–Kier alpha value is -1.41. The molecule has 1 aliphatic rings. The minimum absolute atomic E-state index is 0.627. The normalized spacial score (nSPS) is 20.6. The van der Waals surface area contributed by atoms with Crippen molar-refractivity contribution in [1.82, 2.24) is 10.3 Å². The minimum atomic E-state index is 0.627. The summed E-state index contributed by atoms with van der Waals surface area (Å²) in [5.41, 5.74) is 3.93. The molecule has 1 N–H and O–H groups in total. The lowest BCUT2D eigenvalue weighted by molar-refractivity contribution is 0.463. The number of aromatic nitrogens is 1. The average Bonchev–Trinajstić information content (AvgIpc) is 2.40. The zero-order valence-corrected chi connectivity index (χ0v) is 10.2. The lowest BCUT2D eigenvalue weighted by atomic mass is 9.89. The van der Waals surface area contributed by atoms with Crippen molar-refractivity contribution in [2.45, 2.75) is 25.7 Å². The molecule has 1 unspecified atom stereocenters. The summed E-state index contributed by atoms with van der Waals surface area (Å²) >= 11 is 0. The third-order valence-electron chi connectivity index (χ3n) is 3.76. The summed E-state index contributed by atoms with van der Waals surface area (Å²) in [7, 11) is 0. The highest BCUT2D eigenvalue weighted by Gasteiger charge is 2.17. The first-order valence-electron chi connectivity index (χ1n) is 6.41. The molecule has 2 heterocycles. The molecule has 2 heteroatoms. The van der Waals surface area contributed by atoms with Crippen LogP contribution in [-0.4, -0.2) is 18.1 Å². The van der Waals surface area contributed by atoms with Crippen molar-refractivity contribution in [3.8, 4) is 0 Å². The SMILES string of the molecule is Cc1ccnc2c(C3CCCNC3)cccc12. The molecule has 0 aliphatic carbocycles. The van der Waals surface area contributed by atoms with Gasteiger partial charge in [0.1, 0.15) is 0 Å². The molecule has 2 nitrogen and oxygen atoms in total. The zero-order chi connectivity index (χ0) is 11.7. The monoisotopic (exact) mass is 226 g/mol. The Labute approximate surface area is 102 Å². The van der Waals surface area contributed by atoms with Crippen LogP contribution in [0.4, 0.5) is 0 Å². The van der Waals surface area contributed by atoms with Gasteiger partial charge in [0.25, 0.3) is 0 Å². The van der Waals surface area contributed by atoms with E-state index in [4.69, 9.17) is 0 Å². The molecule has 1 aromatic heterocycles. The van der Waals surface area contributed by atoms with Crippen LogP contribution < -0.4 is 5.32 Å². The van der Waals surface area contributed by atoms with E-state index in [1.54, 1.807) is 0 Å². The van der Waals surface area contributed by atoms with E-state index in [0.717, 1.165) is 13.1 Å². The van der Waals surface area contributed by atoms with E-state index in [0.29, 0.717) is 5.92 Å². The van der Waals surface area contributed by atoms with E-state index >= 15 is 0 Å². The van der Waals surface area contributed by atoms with E-state index in [1.807, 2.05) is 6.20 Å². The van der Waals surface area contributed by atoms with E-state index in [1.165, 1.54) is 34.9 Å². The van der Waals surface area contributed by atoms with Crippen LogP contribution in [0, 0.1) is 6.92 Å². The molecule has 2 aromatic rings. The molecule has 1 fully saturated rings. The third kappa shape index (κ3) is 1.93. The van der Waals surface area contributed by atoms with Crippen LogP contribution in [0.2, 0.25) is 0 Å². The molecule has 1 atom stereocenters. The van der Waals surface area contributed by atoms with Gasteiger partial charge in [-0.15, -0.1) is 0 Å². The number of rotatable bonds is 1. The molecule has 1 aromatic carbocycles. The fourth-order valence-corrected chi connectivity index (χ4v) is 2.78. The maximum atomic E-state index is 4.59. The summed E-state index contributed by atoms with van der Waals surface area (Å²) in [6.45, 7) is 4.41. The number of hydrogen-bond donors (Lipinski definition) is 1. The topological polar surface area (TPSA) is 24.9 Å². The number of nitrogens with zero attached hydrogens (tertiary/aromatic N) is 1. The molecule has 1 aliphatic heterocycles. The molecule has 88 valence electrons. The van der Waals surface area contributed by atoms with Gasteiger partial charge in [0.2, 0.25) is 0 Å². The van der Waals surface area contributed by atoms with Gasteiger partial charge in [0.05, 0.1) is 5.52 Å². The van der Waals surface area contributed by atoms with Gasteiger partial charge in [-0.2, -0.15) is 0 Å². The van der Waals surface area contributed by atoms with Crippen LogP contribution in [0.1, 0.15) is 29.9 Å².